The molecule has 0 heterocycles. The van der Waals surface area contributed by atoms with E-state index in [4.69, 9.17) is 27.9 Å². The summed E-state index contributed by atoms with van der Waals surface area (Å²) in [5.74, 6) is 5.84. The molecule has 0 radical (unpaired) electrons. The number of hydrogen-bond acceptors (Lipinski definition) is 2. The van der Waals surface area contributed by atoms with Crippen molar-refractivity contribution in [2.75, 3.05) is 6.54 Å². The lowest BCUT2D eigenvalue weighted by atomic mass is 10.2. The molecular formula is C15H17Cl2NO2. The van der Waals surface area contributed by atoms with Gasteiger partial charge in [0.2, 0.25) is 0 Å². The number of ether oxygens (including phenoxy) is 1. The summed E-state index contributed by atoms with van der Waals surface area (Å²) < 4.78 is 5.10. The number of benzene rings is 1. The predicted octanol–water partition coefficient (Wildman–Crippen LogP) is 4.26. The quantitative estimate of drug-likeness (QED) is 0.654. The standard InChI is InChI=1S/C15H17Cl2NO2/c1-15(2,3)20-14(19)18-10-5-4-7-11-8-6-9-12(16)13(11)17/h6,8-9H,5,10H2,1-3H3,(H,18,19). The van der Waals surface area contributed by atoms with Crippen LogP contribution in [0.25, 0.3) is 0 Å². The highest BCUT2D eigenvalue weighted by Gasteiger charge is 2.15. The maximum absolute atomic E-state index is 11.4. The Morgan fingerprint density at radius 2 is 2.05 bits per heavy atom. The second kappa shape index (κ2) is 7.42. The van der Waals surface area contributed by atoms with Gasteiger partial charge in [-0.1, -0.05) is 41.1 Å². The highest BCUT2D eigenvalue weighted by atomic mass is 35.5. The first kappa shape index (κ1) is 16.7. The van der Waals surface area contributed by atoms with Crippen LogP contribution >= 0.6 is 23.2 Å². The maximum Gasteiger partial charge on any atom is 0.407 e. The summed E-state index contributed by atoms with van der Waals surface area (Å²) in [6.45, 7) is 5.86. The van der Waals surface area contributed by atoms with Gasteiger partial charge < -0.3 is 10.1 Å². The first-order valence-corrected chi connectivity index (χ1v) is 6.95. The summed E-state index contributed by atoms with van der Waals surface area (Å²) in [4.78, 5) is 11.4. The summed E-state index contributed by atoms with van der Waals surface area (Å²) in [7, 11) is 0. The van der Waals surface area contributed by atoms with Crippen molar-refractivity contribution >= 4 is 29.3 Å². The third-order valence-corrected chi connectivity index (χ3v) is 2.91. The minimum atomic E-state index is -0.496. The Morgan fingerprint density at radius 3 is 2.70 bits per heavy atom. The van der Waals surface area contributed by atoms with Crippen LogP contribution in [0.15, 0.2) is 18.2 Å². The molecule has 0 atom stereocenters. The molecule has 1 aromatic carbocycles. The van der Waals surface area contributed by atoms with Gasteiger partial charge in [0.05, 0.1) is 10.0 Å². The summed E-state index contributed by atoms with van der Waals surface area (Å²) >= 11 is 11.9. The predicted molar refractivity (Wildman–Crippen MR) is 82.2 cm³/mol. The van der Waals surface area contributed by atoms with E-state index in [0.29, 0.717) is 28.6 Å². The van der Waals surface area contributed by atoms with Crippen LogP contribution in [0.1, 0.15) is 32.8 Å². The van der Waals surface area contributed by atoms with Crippen LogP contribution in [0.3, 0.4) is 0 Å². The molecule has 20 heavy (non-hydrogen) atoms. The average Bonchev–Trinajstić information content (AvgIpc) is 2.31. The lowest BCUT2D eigenvalue weighted by Gasteiger charge is -2.19. The first-order valence-electron chi connectivity index (χ1n) is 6.19. The van der Waals surface area contributed by atoms with E-state index in [1.165, 1.54) is 0 Å². The van der Waals surface area contributed by atoms with Crippen molar-refractivity contribution in [2.45, 2.75) is 32.8 Å². The zero-order valence-electron chi connectivity index (χ0n) is 11.7. The molecule has 0 aliphatic carbocycles. The smallest absolute Gasteiger partial charge is 0.407 e. The summed E-state index contributed by atoms with van der Waals surface area (Å²) in [6, 6.07) is 5.29. The summed E-state index contributed by atoms with van der Waals surface area (Å²) in [5.41, 5.74) is 0.181. The van der Waals surface area contributed by atoms with E-state index >= 15 is 0 Å². The molecule has 0 fully saturated rings. The van der Waals surface area contributed by atoms with E-state index in [-0.39, 0.29) is 0 Å². The lowest BCUT2D eigenvalue weighted by molar-refractivity contribution is 0.0529. The van der Waals surface area contributed by atoms with Gasteiger partial charge >= 0.3 is 6.09 Å². The molecule has 1 amide bonds. The number of alkyl carbamates (subject to hydrolysis) is 1. The Labute approximate surface area is 129 Å². The van der Waals surface area contributed by atoms with Gasteiger partial charge in [-0.25, -0.2) is 4.79 Å². The van der Waals surface area contributed by atoms with Crippen molar-refractivity contribution in [3.8, 4) is 11.8 Å². The Kier molecular flexibility index (Phi) is 6.19. The second-order valence-electron chi connectivity index (χ2n) is 5.08. The SMILES string of the molecule is CC(C)(C)OC(=O)NCCC#Cc1cccc(Cl)c1Cl. The molecule has 1 N–H and O–H groups in total. The highest BCUT2D eigenvalue weighted by Crippen LogP contribution is 2.24. The Morgan fingerprint density at radius 1 is 1.35 bits per heavy atom. The van der Waals surface area contributed by atoms with Gasteiger partial charge in [-0.3, -0.25) is 0 Å². The molecular weight excluding hydrogens is 297 g/mol. The maximum atomic E-state index is 11.4. The van der Waals surface area contributed by atoms with Crippen molar-refractivity contribution < 1.29 is 9.53 Å². The molecule has 0 spiro atoms. The topological polar surface area (TPSA) is 38.3 Å². The van der Waals surface area contributed by atoms with E-state index in [2.05, 4.69) is 17.2 Å². The number of carbonyl (C=O) groups excluding carboxylic acids is 1. The van der Waals surface area contributed by atoms with Gasteiger partial charge in [0.25, 0.3) is 0 Å². The Hall–Kier alpha value is -1.37. The van der Waals surface area contributed by atoms with Gasteiger partial charge in [-0.05, 0) is 32.9 Å². The van der Waals surface area contributed by atoms with Gasteiger partial charge in [0, 0.05) is 18.5 Å². The number of hydrogen-bond donors (Lipinski definition) is 1. The van der Waals surface area contributed by atoms with Crippen LogP contribution in [-0.4, -0.2) is 18.2 Å². The summed E-state index contributed by atoms with van der Waals surface area (Å²) in [5, 5.41) is 3.55. The number of amides is 1. The molecule has 0 aliphatic rings. The van der Waals surface area contributed by atoms with Crippen molar-refractivity contribution in [3.05, 3.63) is 33.8 Å². The van der Waals surface area contributed by atoms with Gasteiger partial charge in [0.15, 0.2) is 0 Å². The molecule has 0 aromatic heterocycles. The fourth-order valence-electron chi connectivity index (χ4n) is 1.30. The van der Waals surface area contributed by atoms with Crippen molar-refractivity contribution in [1.82, 2.24) is 5.32 Å². The first-order chi connectivity index (χ1) is 9.29. The Bertz CT molecular complexity index is 539. The van der Waals surface area contributed by atoms with Crippen LogP contribution in [0.2, 0.25) is 10.0 Å². The zero-order chi connectivity index (χ0) is 15.2. The molecule has 108 valence electrons. The highest BCUT2D eigenvalue weighted by molar-refractivity contribution is 6.42. The van der Waals surface area contributed by atoms with E-state index in [1.807, 2.05) is 20.8 Å². The van der Waals surface area contributed by atoms with Crippen molar-refractivity contribution in [2.24, 2.45) is 0 Å². The van der Waals surface area contributed by atoms with Gasteiger partial charge in [-0.2, -0.15) is 0 Å². The van der Waals surface area contributed by atoms with E-state index < -0.39 is 11.7 Å². The van der Waals surface area contributed by atoms with E-state index in [1.54, 1.807) is 18.2 Å². The van der Waals surface area contributed by atoms with Crippen molar-refractivity contribution in [1.29, 1.82) is 0 Å². The van der Waals surface area contributed by atoms with E-state index in [9.17, 15) is 4.79 Å². The molecule has 0 saturated heterocycles. The number of nitrogens with one attached hydrogen (secondary N) is 1. The third-order valence-electron chi connectivity index (χ3n) is 2.09. The molecule has 1 rings (SSSR count). The molecule has 0 aliphatic heterocycles. The Balaban J connectivity index is 2.41. The molecule has 3 nitrogen and oxygen atoms in total. The van der Waals surface area contributed by atoms with Gasteiger partial charge in [0.1, 0.15) is 5.60 Å². The van der Waals surface area contributed by atoms with Gasteiger partial charge in [-0.15, -0.1) is 0 Å². The largest absolute Gasteiger partial charge is 0.444 e. The zero-order valence-corrected chi connectivity index (χ0v) is 13.2. The molecule has 5 heteroatoms. The minimum absolute atomic E-state index is 0.417. The lowest BCUT2D eigenvalue weighted by Crippen LogP contribution is -2.32. The van der Waals surface area contributed by atoms with Crippen LogP contribution in [0.4, 0.5) is 4.79 Å². The summed E-state index contributed by atoms with van der Waals surface area (Å²) in [6.07, 6.45) is 0.0577. The van der Waals surface area contributed by atoms with E-state index in [0.717, 1.165) is 0 Å². The fourth-order valence-corrected chi connectivity index (χ4v) is 1.65. The minimum Gasteiger partial charge on any atom is -0.444 e. The van der Waals surface area contributed by atoms with Crippen molar-refractivity contribution in [3.63, 3.8) is 0 Å². The molecule has 1 aromatic rings. The number of halogens is 2. The number of rotatable bonds is 2. The monoisotopic (exact) mass is 313 g/mol. The molecule has 0 saturated carbocycles. The molecule has 0 unspecified atom stereocenters. The van der Waals surface area contributed by atoms with Crippen LogP contribution in [-0.2, 0) is 4.74 Å². The van der Waals surface area contributed by atoms with Crippen LogP contribution < -0.4 is 5.32 Å². The second-order valence-corrected chi connectivity index (χ2v) is 5.87. The third kappa shape index (κ3) is 6.18. The normalized spacial score (nSPS) is 10.4. The average molecular weight is 314 g/mol. The van der Waals surface area contributed by atoms with Crippen LogP contribution in [0, 0.1) is 11.8 Å². The fraction of sp³-hybridized carbons (Fsp3) is 0.400. The number of carbonyl (C=O) groups is 1. The molecule has 0 bridgehead atoms. The van der Waals surface area contributed by atoms with Crippen LogP contribution in [0.5, 0.6) is 0 Å².